The van der Waals surface area contributed by atoms with Gasteiger partial charge in [-0.3, -0.25) is 4.98 Å². The Bertz CT molecular complexity index is 1600. The fourth-order valence-corrected chi connectivity index (χ4v) is 4.72. The molecular weight excluding hydrogens is 410 g/mol. The van der Waals surface area contributed by atoms with E-state index < -0.39 is 0 Å². The van der Waals surface area contributed by atoms with Gasteiger partial charge in [0.15, 0.2) is 0 Å². The van der Waals surface area contributed by atoms with Crippen molar-refractivity contribution in [1.82, 2.24) is 4.98 Å². The van der Waals surface area contributed by atoms with E-state index in [4.69, 9.17) is 0 Å². The van der Waals surface area contributed by atoms with Gasteiger partial charge >= 0.3 is 0 Å². The first-order valence-electron chi connectivity index (χ1n) is 11.9. The summed E-state index contributed by atoms with van der Waals surface area (Å²) in [7, 11) is 0. The molecule has 0 aliphatic rings. The molecule has 0 saturated heterocycles. The lowest BCUT2D eigenvalue weighted by molar-refractivity contribution is 1.14. The number of hydrogen-bond acceptors (Lipinski definition) is 1. The highest BCUT2D eigenvalue weighted by Crippen LogP contribution is 2.32. The molecule has 0 aliphatic heterocycles. The minimum absolute atomic E-state index is 1.04. The van der Waals surface area contributed by atoms with Crippen molar-refractivity contribution in [2.75, 3.05) is 0 Å². The number of fused-ring (bicyclic) bond motifs is 2. The Labute approximate surface area is 200 Å². The molecule has 1 nitrogen and oxygen atoms in total. The van der Waals surface area contributed by atoms with Crippen molar-refractivity contribution in [3.8, 4) is 33.4 Å². The summed E-state index contributed by atoms with van der Waals surface area (Å²) in [5, 5.41) is 3.69. The van der Waals surface area contributed by atoms with Crippen LogP contribution in [0.2, 0.25) is 0 Å². The van der Waals surface area contributed by atoms with E-state index in [1.54, 1.807) is 0 Å². The van der Waals surface area contributed by atoms with Crippen LogP contribution in [0, 0.1) is 0 Å². The maximum Gasteiger partial charge on any atom is 0.0780 e. The quantitative estimate of drug-likeness (QED) is 0.269. The fraction of sp³-hybridized carbons (Fsp3) is 0.0606. The number of para-hydroxylation sites is 1. The van der Waals surface area contributed by atoms with Gasteiger partial charge in [-0.15, -0.1) is 0 Å². The third kappa shape index (κ3) is 3.76. The lowest BCUT2D eigenvalue weighted by Crippen LogP contribution is -1.85. The van der Waals surface area contributed by atoms with Gasteiger partial charge in [-0.05, 0) is 68.8 Å². The Morgan fingerprint density at radius 2 is 1.09 bits per heavy atom. The van der Waals surface area contributed by atoms with Gasteiger partial charge in [-0.1, -0.05) is 104 Å². The van der Waals surface area contributed by atoms with Crippen molar-refractivity contribution in [1.29, 1.82) is 0 Å². The Morgan fingerprint density at radius 1 is 0.500 bits per heavy atom. The molecule has 6 rings (SSSR count). The Balaban J connectivity index is 1.35. The maximum atomic E-state index is 4.62. The molecule has 5 aromatic carbocycles. The highest BCUT2D eigenvalue weighted by molar-refractivity contribution is 5.94. The second kappa shape index (κ2) is 8.61. The summed E-state index contributed by atoms with van der Waals surface area (Å²) in [6.45, 7) is 2.19. The van der Waals surface area contributed by atoms with Gasteiger partial charge in [0.2, 0.25) is 0 Å². The SMILES string of the molecule is CCc1ccc(-c2ccc3ccc(-c4ccc(-c5cccc6cccnc56)cc4)cc3c2)cc1. The lowest BCUT2D eigenvalue weighted by Gasteiger charge is -2.09. The summed E-state index contributed by atoms with van der Waals surface area (Å²) in [5.41, 5.74) is 9.74. The molecule has 0 spiro atoms. The first kappa shape index (κ1) is 20.4. The monoisotopic (exact) mass is 435 g/mol. The molecule has 0 radical (unpaired) electrons. The van der Waals surface area contributed by atoms with Gasteiger partial charge in [0.1, 0.15) is 0 Å². The average molecular weight is 436 g/mol. The molecule has 0 unspecified atom stereocenters. The van der Waals surface area contributed by atoms with E-state index in [0.29, 0.717) is 0 Å². The van der Waals surface area contributed by atoms with Gasteiger partial charge in [0.05, 0.1) is 5.52 Å². The van der Waals surface area contributed by atoms with Gasteiger partial charge in [-0.25, -0.2) is 0 Å². The number of hydrogen-bond donors (Lipinski definition) is 0. The Morgan fingerprint density at radius 3 is 1.76 bits per heavy atom. The number of benzene rings is 5. The summed E-state index contributed by atoms with van der Waals surface area (Å²) < 4.78 is 0. The molecule has 0 fully saturated rings. The van der Waals surface area contributed by atoms with Gasteiger partial charge in [-0.2, -0.15) is 0 Å². The molecule has 1 heterocycles. The number of aromatic nitrogens is 1. The van der Waals surface area contributed by atoms with E-state index in [1.807, 2.05) is 12.3 Å². The molecule has 1 aromatic heterocycles. The smallest absolute Gasteiger partial charge is 0.0780 e. The molecular formula is C33H25N. The van der Waals surface area contributed by atoms with E-state index >= 15 is 0 Å². The topological polar surface area (TPSA) is 12.9 Å². The summed E-state index contributed by atoms with van der Waals surface area (Å²) in [5.74, 6) is 0. The van der Waals surface area contributed by atoms with Crippen LogP contribution in [0.15, 0.2) is 121 Å². The summed E-state index contributed by atoms with van der Waals surface area (Å²) >= 11 is 0. The third-order valence-corrected chi connectivity index (χ3v) is 6.70. The lowest BCUT2D eigenvalue weighted by atomic mass is 9.95. The highest BCUT2D eigenvalue weighted by atomic mass is 14.6. The van der Waals surface area contributed by atoms with Crippen LogP contribution in [0.25, 0.3) is 55.1 Å². The molecule has 1 heteroatoms. The van der Waals surface area contributed by atoms with Gasteiger partial charge in [0.25, 0.3) is 0 Å². The van der Waals surface area contributed by atoms with E-state index in [0.717, 1.165) is 11.9 Å². The summed E-state index contributed by atoms with van der Waals surface area (Å²) in [6, 6.07) is 41.7. The maximum absolute atomic E-state index is 4.62. The van der Waals surface area contributed by atoms with Gasteiger partial charge < -0.3 is 0 Å². The van der Waals surface area contributed by atoms with Crippen LogP contribution in [0.5, 0.6) is 0 Å². The van der Waals surface area contributed by atoms with Crippen LogP contribution >= 0.6 is 0 Å². The molecule has 162 valence electrons. The van der Waals surface area contributed by atoms with Crippen LogP contribution < -0.4 is 0 Å². The fourth-order valence-electron chi connectivity index (χ4n) is 4.72. The third-order valence-electron chi connectivity index (χ3n) is 6.70. The first-order valence-corrected chi connectivity index (χ1v) is 11.9. The van der Waals surface area contributed by atoms with Crippen molar-refractivity contribution < 1.29 is 0 Å². The number of aryl methyl sites for hydroxylation is 1. The standard InChI is InChI=1S/C33H25N/c1-2-23-8-10-24(11-9-23)29-18-14-26-15-19-30(22-31(26)21-29)25-12-16-27(17-13-25)32-7-3-5-28-6-4-20-34-33(28)32/h3-22H,2H2,1H3. The van der Waals surface area contributed by atoms with Crippen LogP contribution in [0.4, 0.5) is 0 Å². The van der Waals surface area contributed by atoms with Crippen LogP contribution in [0.3, 0.4) is 0 Å². The van der Waals surface area contributed by atoms with Crippen molar-refractivity contribution in [3.63, 3.8) is 0 Å². The average Bonchev–Trinajstić information content (AvgIpc) is 2.92. The Hall–Kier alpha value is -4.23. The zero-order valence-electron chi connectivity index (χ0n) is 19.2. The Kier molecular flexibility index (Phi) is 5.16. The predicted octanol–water partition coefficient (Wildman–Crippen LogP) is 8.95. The zero-order valence-corrected chi connectivity index (χ0v) is 19.2. The number of rotatable bonds is 4. The predicted molar refractivity (Wildman–Crippen MR) is 145 cm³/mol. The van der Waals surface area contributed by atoms with E-state index in [2.05, 4.69) is 121 Å². The van der Waals surface area contributed by atoms with Crippen LogP contribution in [0.1, 0.15) is 12.5 Å². The first-order chi connectivity index (χ1) is 16.8. The van der Waals surface area contributed by atoms with Crippen molar-refractivity contribution in [3.05, 3.63) is 127 Å². The van der Waals surface area contributed by atoms with Crippen molar-refractivity contribution >= 4 is 21.7 Å². The van der Waals surface area contributed by atoms with Gasteiger partial charge in [0, 0.05) is 17.1 Å². The number of nitrogens with zero attached hydrogens (tertiary/aromatic N) is 1. The molecule has 0 aliphatic carbocycles. The molecule has 0 bridgehead atoms. The van der Waals surface area contributed by atoms with Crippen LogP contribution in [-0.4, -0.2) is 4.98 Å². The summed E-state index contributed by atoms with van der Waals surface area (Å²) in [6.07, 6.45) is 2.93. The van der Waals surface area contributed by atoms with Crippen molar-refractivity contribution in [2.24, 2.45) is 0 Å². The highest BCUT2D eigenvalue weighted by Gasteiger charge is 2.07. The largest absolute Gasteiger partial charge is 0.256 e. The van der Waals surface area contributed by atoms with Crippen molar-refractivity contribution in [2.45, 2.75) is 13.3 Å². The van der Waals surface area contributed by atoms with E-state index in [-0.39, 0.29) is 0 Å². The second-order valence-electron chi connectivity index (χ2n) is 8.79. The minimum atomic E-state index is 1.04. The number of pyridine rings is 1. The normalized spacial score (nSPS) is 11.2. The van der Waals surface area contributed by atoms with Crippen LogP contribution in [-0.2, 0) is 6.42 Å². The molecule has 0 atom stereocenters. The molecule has 0 saturated carbocycles. The molecule has 6 aromatic rings. The second-order valence-corrected chi connectivity index (χ2v) is 8.79. The molecule has 0 N–H and O–H groups in total. The minimum Gasteiger partial charge on any atom is -0.256 e. The zero-order chi connectivity index (χ0) is 22.9. The summed E-state index contributed by atoms with van der Waals surface area (Å²) in [4.78, 5) is 4.62. The molecule has 34 heavy (non-hydrogen) atoms. The molecule has 0 amide bonds. The van der Waals surface area contributed by atoms with E-state index in [1.165, 1.54) is 55.1 Å². The van der Waals surface area contributed by atoms with E-state index in [9.17, 15) is 0 Å².